The Bertz CT molecular complexity index is 328. The molecule has 1 aliphatic heterocycles. The SMILES string of the molecule is FC(F)(F)c1nc(CC2CCCN2)co1. The Hall–Kier alpha value is -1.04. The molecule has 84 valence electrons. The van der Waals surface area contributed by atoms with Crippen LogP contribution >= 0.6 is 0 Å². The third-order valence-electron chi connectivity index (χ3n) is 2.41. The van der Waals surface area contributed by atoms with Crippen molar-refractivity contribution in [3.05, 3.63) is 17.8 Å². The number of oxazole rings is 1. The lowest BCUT2D eigenvalue weighted by molar-refractivity contribution is -0.157. The molecule has 0 radical (unpaired) electrons. The van der Waals surface area contributed by atoms with E-state index < -0.39 is 12.1 Å². The van der Waals surface area contributed by atoms with Crippen LogP contribution in [0, 0.1) is 0 Å². The van der Waals surface area contributed by atoms with Crippen molar-refractivity contribution in [2.45, 2.75) is 31.5 Å². The summed E-state index contributed by atoms with van der Waals surface area (Å²) in [4.78, 5) is 3.41. The van der Waals surface area contributed by atoms with Crippen molar-refractivity contribution in [1.82, 2.24) is 10.3 Å². The quantitative estimate of drug-likeness (QED) is 0.828. The van der Waals surface area contributed by atoms with Crippen molar-refractivity contribution in [2.24, 2.45) is 0 Å². The van der Waals surface area contributed by atoms with Gasteiger partial charge in [-0.25, -0.2) is 4.98 Å². The van der Waals surface area contributed by atoms with Gasteiger partial charge in [-0.15, -0.1) is 0 Å². The van der Waals surface area contributed by atoms with Crippen LogP contribution in [-0.2, 0) is 12.6 Å². The molecule has 0 saturated carbocycles. The summed E-state index contributed by atoms with van der Waals surface area (Å²) in [6, 6.07) is 0.233. The van der Waals surface area contributed by atoms with Gasteiger partial charge in [-0.05, 0) is 19.4 Å². The Kier molecular flexibility index (Phi) is 2.68. The monoisotopic (exact) mass is 220 g/mol. The number of aromatic nitrogens is 1. The molecule has 3 nitrogen and oxygen atoms in total. The van der Waals surface area contributed by atoms with E-state index in [2.05, 4.69) is 14.7 Å². The lowest BCUT2D eigenvalue weighted by atomic mass is 10.1. The predicted molar refractivity (Wildman–Crippen MR) is 46.2 cm³/mol. The van der Waals surface area contributed by atoms with Crippen LogP contribution in [0.1, 0.15) is 24.4 Å². The minimum atomic E-state index is -4.48. The van der Waals surface area contributed by atoms with E-state index in [4.69, 9.17) is 0 Å². The molecule has 1 aromatic heterocycles. The van der Waals surface area contributed by atoms with Crippen molar-refractivity contribution >= 4 is 0 Å². The van der Waals surface area contributed by atoms with Crippen LogP contribution in [0.5, 0.6) is 0 Å². The van der Waals surface area contributed by atoms with Gasteiger partial charge in [-0.2, -0.15) is 13.2 Å². The summed E-state index contributed by atoms with van der Waals surface area (Å²) in [5.74, 6) is -1.16. The van der Waals surface area contributed by atoms with Gasteiger partial charge >= 0.3 is 12.1 Å². The zero-order valence-electron chi connectivity index (χ0n) is 7.97. The molecule has 0 aliphatic carbocycles. The summed E-state index contributed by atoms with van der Waals surface area (Å²) >= 11 is 0. The third-order valence-corrected chi connectivity index (χ3v) is 2.41. The topological polar surface area (TPSA) is 38.1 Å². The van der Waals surface area contributed by atoms with Crippen LogP contribution < -0.4 is 5.32 Å². The predicted octanol–water partition coefficient (Wildman–Crippen LogP) is 1.99. The average Bonchev–Trinajstić information content (AvgIpc) is 2.73. The van der Waals surface area contributed by atoms with Gasteiger partial charge < -0.3 is 9.73 Å². The van der Waals surface area contributed by atoms with Crippen molar-refractivity contribution in [2.75, 3.05) is 6.54 Å². The summed E-state index contributed by atoms with van der Waals surface area (Å²) in [6.45, 7) is 0.925. The number of nitrogens with one attached hydrogen (secondary N) is 1. The first kappa shape index (κ1) is 10.5. The van der Waals surface area contributed by atoms with Gasteiger partial charge in [0.2, 0.25) is 0 Å². The van der Waals surface area contributed by atoms with Gasteiger partial charge in [-0.1, -0.05) is 0 Å². The number of halogens is 3. The van der Waals surface area contributed by atoms with E-state index in [9.17, 15) is 13.2 Å². The fourth-order valence-electron chi connectivity index (χ4n) is 1.71. The second kappa shape index (κ2) is 3.84. The Balaban J connectivity index is 2.00. The molecule has 15 heavy (non-hydrogen) atoms. The van der Waals surface area contributed by atoms with Gasteiger partial charge in [0.25, 0.3) is 0 Å². The molecule has 1 saturated heterocycles. The van der Waals surface area contributed by atoms with Crippen LogP contribution in [0.2, 0.25) is 0 Å². The van der Waals surface area contributed by atoms with E-state index in [1.54, 1.807) is 0 Å². The van der Waals surface area contributed by atoms with Crippen molar-refractivity contribution in [1.29, 1.82) is 0 Å². The highest BCUT2D eigenvalue weighted by Gasteiger charge is 2.37. The molecule has 0 bridgehead atoms. The van der Waals surface area contributed by atoms with E-state index in [0.29, 0.717) is 12.1 Å². The highest BCUT2D eigenvalue weighted by Crippen LogP contribution is 2.28. The standard InChI is InChI=1S/C9H11F3N2O/c10-9(11,12)8-14-7(5-15-8)4-6-2-1-3-13-6/h5-6,13H,1-4H2. The fraction of sp³-hybridized carbons (Fsp3) is 0.667. The van der Waals surface area contributed by atoms with Gasteiger partial charge in [-0.3, -0.25) is 0 Å². The summed E-state index contributed by atoms with van der Waals surface area (Å²) in [7, 11) is 0. The summed E-state index contributed by atoms with van der Waals surface area (Å²) < 4.78 is 40.8. The number of nitrogens with zero attached hydrogens (tertiary/aromatic N) is 1. The number of alkyl halides is 3. The molecule has 1 aromatic rings. The number of hydrogen-bond donors (Lipinski definition) is 1. The molecule has 0 aromatic carbocycles. The highest BCUT2D eigenvalue weighted by molar-refractivity contribution is 5.02. The van der Waals surface area contributed by atoms with Gasteiger partial charge in [0.1, 0.15) is 6.26 Å². The smallest absolute Gasteiger partial charge is 0.441 e. The molecule has 2 heterocycles. The average molecular weight is 220 g/mol. The van der Waals surface area contributed by atoms with Gasteiger partial charge in [0.15, 0.2) is 0 Å². The summed E-state index contributed by atoms with van der Waals surface area (Å²) in [5, 5.41) is 3.19. The second-order valence-corrected chi connectivity index (χ2v) is 3.64. The first-order valence-electron chi connectivity index (χ1n) is 4.80. The van der Waals surface area contributed by atoms with Crippen molar-refractivity contribution in [3.8, 4) is 0 Å². The molecule has 2 rings (SSSR count). The Labute approximate surface area is 84.7 Å². The fourth-order valence-corrected chi connectivity index (χ4v) is 1.71. The second-order valence-electron chi connectivity index (χ2n) is 3.64. The zero-order valence-corrected chi connectivity index (χ0v) is 7.97. The van der Waals surface area contributed by atoms with Crippen LogP contribution in [0.3, 0.4) is 0 Å². The number of hydrogen-bond acceptors (Lipinski definition) is 3. The number of rotatable bonds is 2. The maximum atomic E-state index is 12.1. The Morgan fingerprint density at radius 3 is 2.87 bits per heavy atom. The van der Waals surface area contributed by atoms with Gasteiger partial charge in [0, 0.05) is 12.5 Å². The molecule has 0 amide bonds. The Morgan fingerprint density at radius 1 is 1.53 bits per heavy atom. The van der Waals surface area contributed by atoms with Crippen LogP contribution in [0.4, 0.5) is 13.2 Å². The van der Waals surface area contributed by atoms with Crippen LogP contribution in [0.15, 0.2) is 10.7 Å². The van der Waals surface area contributed by atoms with E-state index in [0.717, 1.165) is 25.6 Å². The third kappa shape index (κ3) is 2.50. The summed E-state index contributed by atoms with van der Waals surface area (Å²) in [5.41, 5.74) is 0.363. The molecule has 1 unspecified atom stereocenters. The minimum Gasteiger partial charge on any atom is -0.441 e. The van der Waals surface area contributed by atoms with E-state index in [-0.39, 0.29) is 6.04 Å². The lowest BCUT2D eigenvalue weighted by Gasteiger charge is -2.05. The summed E-state index contributed by atoms with van der Waals surface area (Å²) in [6.07, 6.45) is -0.855. The first-order valence-corrected chi connectivity index (χ1v) is 4.80. The van der Waals surface area contributed by atoms with Crippen LogP contribution in [0.25, 0.3) is 0 Å². The maximum Gasteiger partial charge on any atom is 0.468 e. The van der Waals surface area contributed by atoms with Gasteiger partial charge in [0.05, 0.1) is 5.69 Å². The Morgan fingerprint density at radius 2 is 2.33 bits per heavy atom. The molecule has 1 fully saturated rings. The lowest BCUT2D eigenvalue weighted by Crippen LogP contribution is -2.23. The van der Waals surface area contributed by atoms with E-state index in [1.165, 1.54) is 0 Å². The first-order chi connectivity index (χ1) is 7.05. The molecule has 1 aliphatic rings. The maximum absolute atomic E-state index is 12.1. The molecule has 6 heteroatoms. The minimum absolute atomic E-state index is 0.233. The normalized spacial score (nSPS) is 22.2. The molecule has 1 atom stereocenters. The van der Waals surface area contributed by atoms with Crippen molar-refractivity contribution < 1.29 is 17.6 Å². The van der Waals surface area contributed by atoms with E-state index >= 15 is 0 Å². The largest absolute Gasteiger partial charge is 0.468 e. The molecule has 0 spiro atoms. The van der Waals surface area contributed by atoms with E-state index in [1.807, 2.05) is 0 Å². The zero-order chi connectivity index (χ0) is 10.9. The molecular weight excluding hydrogens is 209 g/mol. The van der Waals surface area contributed by atoms with Crippen molar-refractivity contribution in [3.63, 3.8) is 0 Å². The molecular formula is C9H11F3N2O. The van der Waals surface area contributed by atoms with Crippen LogP contribution in [-0.4, -0.2) is 17.6 Å². The highest BCUT2D eigenvalue weighted by atomic mass is 19.4. The molecule has 1 N–H and O–H groups in total.